The summed E-state index contributed by atoms with van der Waals surface area (Å²) in [7, 11) is 0. The van der Waals surface area contributed by atoms with Crippen LogP contribution in [0.5, 0.6) is 0 Å². The van der Waals surface area contributed by atoms with Crippen molar-refractivity contribution in [1.82, 2.24) is 5.32 Å². The third-order valence-corrected chi connectivity index (χ3v) is 3.79. The van der Waals surface area contributed by atoms with Gasteiger partial charge in [-0.2, -0.15) is 0 Å². The fourth-order valence-electron chi connectivity index (χ4n) is 1.29. The number of carbonyl (C=O) groups is 1. The molecule has 0 bridgehead atoms. The van der Waals surface area contributed by atoms with Crippen molar-refractivity contribution in [3.63, 3.8) is 0 Å². The number of nitrogens with one attached hydrogen (secondary N) is 1. The van der Waals surface area contributed by atoms with Gasteiger partial charge in [0, 0.05) is 22.1 Å². The molecule has 4 heteroatoms. The molecule has 0 aliphatic carbocycles. The summed E-state index contributed by atoms with van der Waals surface area (Å²) in [6.45, 7) is 0.643. The molecule has 0 aliphatic rings. The lowest BCUT2D eigenvalue weighted by molar-refractivity contribution is 0.0953. The Morgan fingerprint density at radius 1 is 1.47 bits per heavy atom. The molecule has 0 unspecified atom stereocenters. The number of halogens is 2. The highest BCUT2D eigenvalue weighted by molar-refractivity contribution is 14.1. The molecule has 0 aromatic heterocycles. The molecule has 1 N–H and O–H groups in total. The minimum absolute atomic E-state index is 0.0935. The van der Waals surface area contributed by atoms with Crippen LogP contribution in [0.1, 0.15) is 29.6 Å². The van der Waals surface area contributed by atoms with Gasteiger partial charge in [0.05, 0.1) is 5.02 Å². The minimum atomic E-state index is -0.0935. The van der Waals surface area contributed by atoms with Crippen LogP contribution in [0, 0.1) is 15.9 Å². The summed E-state index contributed by atoms with van der Waals surface area (Å²) in [4.78, 5) is 11.7. The highest BCUT2D eigenvalue weighted by atomic mass is 127. The lowest BCUT2D eigenvalue weighted by Crippen LogP contribution is -2.24. The fourth-order valence-corrected chi connectivity index (χ4v) is 1.81. The van der Waals surface area contributed by atoms with Gasteiger partial charge in [0.2, 0.25) is 0 Å². The monoisotopic (exact) mass is 361 g/mol. The maximum atomic E-state index is 11.7. The SMILES string of the molecule is C#CCCCCNC(=O)c1ccc(I)c(Cl)c1. The predicted octanol–water partition coefficient (Wildman–Crippen LogP) is 3.48. The second kappa shape index (κ2) is 7.57. The Balaban J connectivity index is 2.42. The van der Waals surface area contributed by atoms with Crippen molar-refractivity contribution < 1.29 is 4.79 Å². The van der Waals surface area contributed by atoms with Crippen LogP contribution >= 0.6 is 34.2 Å². The average molecular weight is 362 g/mol. The molecule has 1 aromatic carbocycles. The molecule has 0 fully saturated rings. The number of unbranched alkanes of at least 4 members (excludes halogenated alkanes) is 2. The Bertz CT molecular complexity index is 440. The first-order chi connectivity index (χ1) is 8.15. The molecule has 0 saturated carbocycles. The number of benzene rings is 1. The molecular weight excluding hydrogens is 349 g/mol. The van der Waals surface area contributed by atoms with E-state index in [2.05, 4.69) is 33.8 Å². The van der Waals surface area contributed by atoms with Gasteiger partial charge in [-0.15, -0.1) is 12.3 Å². The van der Waals surface area contributed by atoms with E-state index in [1.54, 1.807) is 12.1 Å². The lowest BCUT2D eigenvalue weighted by atomic mass is 10.2. The largest absolute Gasteiger partial charge is 0.352 e. The molecule has 0 spiro atoms. The van der Waals surface area contributed by atoms with E-state index in [1.165, 1.54) is 0 Å². The van der Waals surface area contributed by atoms with Crippen LogP contribution in [-0.4, -0.2) is 12.5 Å². The highest BCUT2D eigenvalue weighted by Crippen LogP contribution is 2.19. The van der Waals surface area contributed by atoms with Crippen LogP contribution in [-0.2, 0) is 0 Å². The molecule has 2 nitrogen and oxygen atoms in total. The maximum Gasteiger partial charge on any atom is 0.251 e. The molecular formula is C13H13ClINO. The Labute approximate surface area is 120 Å². The van der Waals surface area contributed by atoms with E-state index in [-0.39, 0.29) is 5.91 Å². The first kappa shape index (κ1) is 14.3. The van der Waals surface area contributed by atoms with E-state index in [0.717, 1.165) is 22.8 Å². The number of hydrogen-bond donors (Lipinski definition) is 1. The Hall–Kier alpha value is -0.730. The van der Waals surface area contributed by atoms with Crippen molar-refractivity contribution in [2.24, 2.45) is 0 Å². The third-order valence-electron chi connectivity index (χ3n) is 2.22. The second-order valence-corrected chi connectivity index (χ2v) is 5.12. The number of rotatable bonds is 5. The first-order valence-electron chi connectivity index (χ1n) is 5.32. The van der Waals surface area contributed by atoms with Gasteiger partial charge in [-0.1, -0.05) is 11.6 Å². The molecule has 0 aliphatic heterocycles. The Morgan fingerprint density at radius 2 is 2.24 bits per heavy atom. The quantitative estimate of drug-likeness (QED) is 0.486. The normalized spacial score (nSPS) is 9.71. The lowest BCUT2D eigenvalue weighted by Gasteiger charge is -2.05. The first-order valence-corrected chi connectivity index (χ1v) is 6.77. The highest BCUT2D eigenvalue weighted by Gasteiger charge is 2.06. The second-order valence-electron chi connectivity index (χ2n) is 3.55. The maximum absolute atomic E-state index is 11.7. The summed E-state index contributed by atoms with van der Waals surface area (Å²) in [5, 5.41) is 3.44. The van der Waals surface area contributed by atoms with Crippen molar-refractivity contribution in [3.8, 4) is 12.3 Å². The number of terminal acetylenes is 1. The van der Waals surface area contributed by atoms with Crippen molar-refractivity contribution in [2.45, 2.75) is 19.3 Å². The van der Waals surface area contributed by atoms with Gasteiger partial charge in [0.25, 0.3) is 5.91 Å². The van der Waals surface area contributed by atoms with E-state index in [1.807, 2.05) is 6.07 Å². The number of amides is 1. The van der Waals surface area contributed by atoms with E-state index in [4.69, 9.17) is 18.0 Å². The third kappa shape index (κ3) is 4.97. The summed E-state index contributed by atoms with van der Waals surface area (Å²) in [5.74, 6) is 2.48. The van der Waals surface area contributed by atoms with Crippen LogP contribution in [0.2, 0.25) is 5.02 Å². The van der Waals surface area contributed by atoms with Crippen LogP contribution in [0.15, 0.2) is 18.2 Å². The molecule has 0 saturated heterocycles. The van der Waals surface area contributed by atoms with Gasteiger partial charge in [-0.25, -0.2) is 0 Å². The van der Waals surface area contributed by atoms with Gasteiger partial charge >= 0.3 is 0 Å². The zero-order valence-corrected chi connectivity index (χ0v) is 12.2. The summed E-state index contributed by atoms with van der Waals surface area (Å²) in [6.07, 6.45) is 7.73. The van der Waals surface area contributed by atoms with Crippen molar-refractivity contribution >= 4 is 40.1 Å². The Morgan fingerprint density at radius 3 is 2.88 bits per heavy atom. The van der Waals surface area contributed by atoms with Crippen molar-refractivity contribution in [3.05, 3.63) is 32.4 Å². The van der Waals surface area contributed by atoms with Crippen LogP contribution in [0.3, 0.4) is 0 Å². The summed E-state index contributed by atoms with van der Waals surface area (Å²) < 4.78 is 0.940. The van der Waals surface area contributed by atoms with E-state index in [0.29, 0.717) is 17.1 Å². The molecule has 90 valence electrons. The predicted molar refractivity (Wildman–Crippen MR) is 79.2 cm³/mol. The summed E-state index contributed by atoms with van der Waals surface area (Å²) in [6, 6.07) is 5.28. The van der Waals surface area contributed by atoms with E-state index < -0.39 is 0 Å². The van der Waals surface area contributed by atoms with Crippen LogP contribution in [0.4, 0.5) is 0 Å². The van der Waals surface area contributed by atoms with Crippen LogP contribution in [0.25, 0.3) is 0 Å². The van der Waals surface area contributed by atoms with Gasteiger partial charge in [-0.3, -0.25) is 4.79 Å². The zero-order chi connectivity index (χ0) is 12.7. The zero-order valence-electron chi connectivity index (χ0n) is 9.30. The van der Waals surface area contributed by atoms with Gasteiger partial charge in [-0.05, 0) is 53.6 Å². The number of hydrogen-bond acceptors (Lipinski definition) is 1. The molecule has 0 radical (unpaired) electrons. The van der Waals surface area contributed by atoms with Gasteiger partial charge < -0.3 is 5.32 Å². The average Bonchev–Trinajstić information content (AvgIpc) is 2.32. The minimum Gasteiger partial charge on any atom is -0.352 e. The van der Waals surface area contributed by atoms with Crippen LogP contribution < -0.4 is 5.32 Å². The van der Waals surface area contributed by atoms with E-state index >= 15 is 0 Å². The molecule has 1 rings (SSSR count). The molecule has 0 atom stereocenters. The van der Waals surface area contributed by atoms with Gasteiger partial charge in [0.1, 0.15) is 0 Å². The Kier molecular flexibility index (Phi) is 6.38. The summed E-state index contributed by atoms with van der Waals surface area (Å²) in [5.41, 5.74) is 0.590. The standard InChI is InChI=1S/C13H13ClINO/c1-2-3-4-5-8-16-13(17)10-6-7-12(15)11(14)9-10/h1,6-7,9H,3-5,8H2,(H,16,17). The fraction of sp³-hybridized carbons (Fsp3) is 0.308. The molecule has 1 aromatic rings. The molecule has 17 heavy (non-hydrogen) atoms. The smallest absolute Gasteiger partial charge is 0.251 e. The van der Waals surface area contributed by atoms with Crippen molar-refractivity contribution in [1.29, 1.82) is 0 Å². The van der Waals surface area contributed by atoms with Crippen molar-refractivity contribution in [2.75, 3.05) is 6.54 Å². The molecule has 0 heterocycles. The van der Waals surface area contributed by atoms with E-state index in [9.17, 15) is 4.79 Å². The summed E-state index contributed by atoms with van der Waals surface area (Å²) >= 11 is 8.08. The number of carbonyl (C=O) groups excluding carboxylic acids is 1. The molecule has 1 amide bonds. The topological polar surface area (TPSA) is 29.1 Å². The van der Waals surface area contributed by atoms with Gasteiger partial charge in [0.15, 0.2) is 0 Å².